The highest BCUT2D eigenvalue weighted by Gasteiger charge is 2.06. The van der Waals surface area contributed by atoms with E-state index in [0.29, 0.717) is 28.8 Å². The van der Waals surface area contributed by atoms with Crippen molar-refractivity contribution in [1.29, 1.82) is 0 Å². The topological polar surface area (TPSA) is 42.5 Å². The van der Waals surface area contributed by atoms with Gasteiger partial charge in [-0.25, -0.2) is 4.39 Å². The molecule has 0 aliphatic heterocycles. The van der Waals surface area contributed by atoms with Crippen LogP contribution in [0, 0.1) is 5.82 Å². The normalized spacial score (nSPS) is 9.95. The number of rotatable bonds is 5. The molecule has 2 rings (SSSR count). The van der Waals surface area contributed by atoms with Gasteiger partial charge in [-0.3, -0.25) is 0 Å². The minimum atomic E-state index is -0.259. The summed E-state index contributed by atoms with van der Waals surface area (Å²) in [5.74, 6) is 1.10. The summed E-state index contributed by atoms with van der Waals surface area (Å²) >= 11 is 5.26. The largest absolute Gasteiger partial charge is 0.497 e. The third-order valence-corrected chi connectivity index (χ3v) is 3.27. The predicted octanol–water partition coefficient (Wildman–Crippen LogP) is 3.33. The van der Waals surface area contributed by atoms with Gasteiger partial charge in [0.1, 0.15) is 17.3 Å². The standard InChI is InChI=1S/C16H17FN2O2S/c1-20-13-7-8-15(21-2)14(9-13)19-16(22)18-10-11-3-5-12(17)6-4-11/h3-9H,10H2,1-2H3,(H2,18,19,22). The van der Waals surface area contributed by atoms with E-state index in [-0.39, 0.29) is 5.82 Å². The number of halogens is 1. The predicted molar refractivity (Wildman–Crippen MR) is 89.0 cm³/mol. The third-order valence-electron chi connectivity index (χ3n) is 3.02. The van der Waals surface area contributed by atoms with Gasteiger partial charge >= 0.3 is 0 Å². The van der Waals surface area contributed by atoms with E-state index >= 15 is 0 Å². The molecule has 0 amide bonds. The van der Waals surface area contributed by atoms with Gasteiger partial charge in [-0.15, -0.1) is 0 Å². The quantitative estimate of drug-likeness (QED) is 0.827. The number of thiocarbonyl (C=S) groups is 1. The Kier molecular flexibility index (Phi) is 5.55. The van der Waals surface area contributed by atoms with Crippen LogP contribution in [0.2, 0.25) is 0 Å². The summed E-state index contributed by atoms with van der Waals surface area (Å²) in [5, 5.41) is 6.56. The summed E-state index contributed by atoms with van der Waals surface area (Å²) in [5.41, 5.74) is 1.64. The SMILES string of the molecule is COc1ccc(OC)c(NC(=S)NCc2ccc(F)cc2)c1. The number of benzene rings is 2. The fourth-order valence-electron chi connectivity index (χ4n) is 1.86. The zero-order valence-electron chi connectivity index (χ0n) is 12.4. The molecule has 2 N–H and O–H groups in total. The molecular formula is C16H17FN2O2S. The van der Waals surface area contributed by atoms with Gasteiger partial charge in [-0.2, -0.15) is 0 Å². The number of methoxy groups -OCH3 is 2. The van der Waals surface area contributed by atoms with Crippen LogP contribution >= 0.6 is 12.2 Å². The van der Waals surface area contributed by atoms with Crippen molar-refractivity contribution in [3.05, 3.63) is 53.8 Å². The molecule has 22 heavy (non-hydrogen) atoms. The average molecular weight is 320 g/mol. The lowest BCUT2D eigenvalue weighted by atomic mass is 10.2. The van der Waals surface area contributed by atoms with E-state index in [1.165, 1.54) is 12.1 Å². The number of nitrogens with one attached hydrogen (secondary N) is 2. The zero-order chi connectivity index (χ0) is 15.9. The highest BCUT2D eigenvalue weighted by Crippen LogP contribution is 2.28. The van der Waals surface area contributed by atoms with Crippen molar-refractivity contribution >= 4 is 23.0 Å². The van der Waals surface area contributed by atoms with Crippen molar-refractivity contribution in [3.63, 3.8) is 0 Å². The number of ether oxygens (including phenoxy) is 2. The molecule has 6 heteroatoms. The first-order valence-electron chi connectivity index (χ1n) is 6.63. The average Bonchev–Trinajstić information content (AvgIpc) is 2.54. The van der Waals surface area contributed by atoms with Gasteiger partial charge in [-0.05, 0) is 42.0 Å². The van der Waals surface area contributed by atoms with E-state index < -0.39 is 0 Å². The number of anilines is 1. The molecule has 0 heterocycles. The van der Waals surface area contributed by atoms with Crippen molar-refractivity contribution in [2.75, 3.05) is 19.5 Å². The Morgan fingerprint density at radius 2 is 1.82 bits per heavy atom. The second-order valence-electron chi connectivity index (χ2n) is 4.50. The minimum Gasteiger partial charge on any atom is -0.497 e. The molecule has 0 spiro atoms. The van der Waals surface area contributed by atoms with E-state index in [1.807, 2.05) is 0 Å². The highest BCUT2D eigenvalue weighted by atomic mass is 32.1. The van der Waals surface area contributed by atoms with E-state index in [2.05, 4.69) is 10.6 Å². The van der Waals surface area contributed by atoms with Gasteiger partial charge in [0.2, 0.25) is 0 Å². The van der Waals surface area contributed by atoms with Crippen LogP contribution in [0.4, 0.5) is 10.1 Å². The second-order valence-corrected chi connectivity index (χ2v) is 4.91. The molecule has 2 aromatic rings. The van der Waals surface area contributed by atoms with Crippen LogP contribution < -0.4 is 20.1 Å². The molecule has 0 saturated carbocycles. The Morgan fingerprint density at radius 3 is 2.45 bits per heavy atom. The van der Waals surface area contributed by atoms with Crippen molar-refractivity contribution < 1.29 is 13.9 Å². The minimum absolute atomic E-state index is 0.259. The van der Waals surface area contributed by atoms with Gasteiger partial charge in [0.25, 0.3) is 0 Å². The molecule has 0 radical (unpaired) electrons. The van der Waals surface area contributed by atoms with Crippen molar-refractivity contribution in [1.82, 2.24) is 5.32 Å². The van der Waals surface area contributed by atoms with Gasteiger partial charge in [0, 0.05) is 12.6 Å². The summed E-state index contributed by atoms with van der Waals surface area (Å²) in [7, 11) is 3.18. The van der Waals surface area contributed by atoms with Crippen LogP contribution in [0.5, 0.6) is 11.5 Å². The molecule has 0 aliphatic rings. The first-order valence-corrected chi connectivity index (χ1v) is 7.04. The lowest BCUT2D eigenvalue weighted by molar-refractivity contribution is 0.405. The number of hydrogen-bond donors (Lipinski definition) is 2. The fraction of sp³-hybridized carbons (Fsp3) is 0.188. The van der Waals surface area contributed by atoms with Crippen LogP contribution in [-0.4, -0.2) is 19.3 Å². The lowest BCUT2D eigenvalue weighted by Gasteiger charge is -2.14. The molecule has 116 valence electrons. The molecule has 0 atom stereocenters. The molecule has 0 aromatic heterocycles. The molecule has 0 unspecified atom stereocenters. The molecule has 0 saturated heterocycles. The monoisotopic (exact) mass is 320 g/mol. The summed E-state index contributed by atoms with van der Waals surface area (Å²) in [6, 6.07) is 11.6. The fourth-order valence-corrected chi connectivity index (χ4v) is 2.04. The van der Waals surface area contributed by atoms with Gasteiger partial charge in [0.15, 0.2) is 5.11 Å². The zero-order valence-corrected chi connectivity index (χ0v) is 13.2. The van der Waals surface area contributed by atoms with E-state index in [9.17, 15) is 4.39 Å². The van der Waals surface area contributed by atoms with Gasteiger partial charge in [-0.1, -0.05) is 12.1 Å². The Labute approximate surface area is 134 Å². The Hall–Kier alpha value is -2.34. The van der Waals surface area contributed by atoms with Crippen LogP contribution in [0.1, 0.15) is 5.56 Å². The van der Waals surface area contributed by atoms with Crippen LogP contribution in [0.3, 0.4) is 0 Å². The molecule has 0 fully saturated rings. The maximum Gasteiger partial charge on any atom is 0.171 e. The molecule has 0 bridgehead atoms. The lowest BCUT2D eigenvalue weighted by Crippen LogP contribution is -2.28. The van der Waals surface area contributed by atoms with Crippen LogP contribution in [0.25, 0.3) is 0 Å². The maximum atomic E-state index is 12.8. The Balaban J connectivity index is 1.98. The molecule has 4 nitrogen and oxygen atoms in total. The van der Waals surface area contributed by atoms with Gasteiger partial charge in [0.05, 0.1) is 19.9 Å². The van der Waals surface area contributed by atoms with E-state index in [0.717, 1.165) is 5.56 Å². The smallest absolute Gasteiger partial charge is 0.171 e. The second kappa shape index (κ2) is 7.61. The van der Waals surface area contributed by atoms with Crippen molar-refractivity contribution in [2.45, 2.75) is 6.54 Å². The van der Waals surface area contributed by atoms with Crippen molar-refractivity contribution in [3.8, 4) is 11.5 Å². The maximum absolute atomic E-state index is 12.8. The summed E-state index contributed by atoms with van der Waals surface area (Å²) in [6.07, 6.45) is 0. The first kappa shape index (κ1) is 16.0. The first-order chi connectivity index (χ1) is 10.6. The number of hydrogen-bond acceptors (Lipinski definition) is 3. The third kappa shape index (κ3) is 4.33. The Bertz CT molecular complexity index is 647. The summed E-state index contributed by atoms with van der Waals surface area (Å²) in [6.45, 7) is 0.498. The molecule has 0 aliphatic carbocycles. The Morgan fingerprint density at radius 1 is 1.09 bits per heavy atom. The van der Waals surface area contributed by atoms with Crippen LogP contribution in [0.15, 0.2) is 42.5 Å². The van der Waals surface area contributed by atoms with Gasteiger partial charge < -0.3 is 20.1 Å². The summed E-state index contributed by atoms with van der Waals surface area (Å²) in [4.78, 5) is 0. The summed E-state index contributed by atoms with van der Waals surface area (Å²) < 4.78 is 23.3. The van der Waals surface area contributed by atoms with E-state index in [1.54, 1.807) is 44.6 Å². The van der Waals surface area contributed by atoms with Crippen molar-refractivity contribution in [2.24, 2.45) is 0 Å². The van der Waals surface area contributed by atoms with Crippen LogP contribution in [-0.2, 0) is 6.54 Å². The molecular weight excluding hydrogens is 303 g/mol. The van der Waals surface area contributed by atoms with E-state index in [4.69, 9.17) is 21.7 Å². The highest BCUT2D eigenvalue weighted by molar-refractivity contribution is 7.80. The molecule has 2 aromatic carbocycles.